The van der Waals surface area contributed by atoms with Crippen molar-refractivity contribution in [3.8, 4) is 24.3 Å². The molecule has 3 saturated carbocycles. The lowest BCUT2D eigenvalue weighted by molar-refractivity contribution is -0.135. The molecule has 486 valence electrons. The van der Waals surface area contributed by atoms with E-state index in [0.29, 0.717) is 46.4 Å². The molecule has 0 aliphatic heterocycles. The van der Waals surface area contributed by atoms with Crippen LogP contribution >= 0.6 is 47.8 Å². The molecule has 5 aliphatic carbocycles. The van der Waals surface area contributed by atoms with E-state index in [0.717, 1.165) is 93.7 Å². The first-order chi connectivity index (χ1) is 43.0. The molecule has 0 N–H and O–H groups in total. The van der Waals surface area contributed by atoms with Crippen LogP contribution in [0.3, 0.4) is 0 Å². The Labute approximate surface area is 563 Å². The van der Waals surface area contributed by atoms with Gasteiger partial charge in [-0.3, -0.25) is 9.59 Å². The summed E-state index contributed by atoms with van der Waals surface area (Å²) in [7, 11) is 0. The van der Waals surface area contributed by atoms with Gasteiger partial charge >= 0.3 is 0 Å². The van der Waals surface area contributed by atoms with Crippen molar-refractivity contribution in [2.75, 3.05) is 0 Å². The van der Waals surface area contributed by atoms with Crippen LogP contribution in [0.4, 0.5) is 0 Å². The molecule has 0 bridgehead atoms. The molecule has 0 saturated heterocycles. The third-order valence-electron chi connectivity index (χ3n) is 21.1. The number of Topliss-reactive ketones (excluding diaryl/α,β-unsaturated/α-hetero) is 2. The fraction of sp³-hybridized carbons (Fsp3) is 0.747. The van der Waals surface area contributed by atoms with Crippen molar-refractivity contribution in [1.29, 1.82) is 21.0 Å². The SMILES string of the molecule is CCCCCCCCCCCCC1C2CC(Br)C(=O)C2C(CCCCCCCCCCCC)C2CC(C)C(=O)C21.CCCCCCCCCCCCc1c2c(c(CCCCCCCCCCCC)c3c1C(=C(C#N)C#N)C(Br)=C3)C(=C(C#N)C#N)C(Br)=C2. The molecule has 88 heavy (non-hydrogen) atoms. The number of alkyl halides is 1. The number of carbonyl (C=O) groups is 2. The second-order valence-corrected chi connectivity index (χ2v) is 30.4. The molecule has 8 atom stereocenters. The Morgan fingerprint density at radius 2 is 0.682 bits per heavy atom. The molecule has 9 heteroatoms. The number of fused-ring (bicyclic) bond motifs is 4. The molecule has 5 aliphatic rings. The van der Waals surface area contributed by atoms with Crippen molar-refractivity contribution in [2.45, 2.75) is 335 Å². The van der Waals surface area contributed by atoms with Gasteiger partial charge in [0.25, 0.3) is 0 Å². The molecular weight excluding hydrogens is 1280 g/mol. The van der Waals surface area contributed by atoms with Crippen LogP contribution in [-0.2, 0) is 22.4 Å². The standard InChI is InChI=1S/C42H52Br2N4.C37H65BrO2/c1-3-5-7-9-11-13-15-17-19-21-23-33-35-25-37(43)40(32(29-47)30-48)42(35)34(24-22-20-18-16-14-12-10-8-6-4-2)36-26-38(44)39(41(33)36)31(27-45)28-46;1-4-6-8-10-12-14-16-18-20-22-24-29-31-26-28(3)36(39)34(31)30(32-27-33(38)37(40)35(29)32)25-23-21-19-17-15-13-11-9-7-5-2/h25-26H,3-24H2,1-2H3;28-35H,4-27H2,1-3H3. The number of rotatable bonds is 44. The first-order valence-corrected chi connectivity index (χ1v) is 39.3. The topological polar surface area (TPSA) is 129 Å². The molecule has 0 amide bonds. The predicted octanol–water partition coefficient (Wildman–Crippen LogP) is 25.4. The molecule has 6 nitrogen and oxygen atoms in total. The number of carbonyl (C=O) groups excluding carboxylic acids is 2. The van der Waals surface area contributed by atoms with E-state index >= 15 is 0 Å². The quantitative estimate of drug-likeness (QED) is 0.0363. The number of nitrogens with zero attached hydrogens (tertiary/aromatic N) is 4. The van der Waals surface area contributed by atoms with Crippen LogP contribution in [0, 0.1) is 86.7 Å². The zero-order chi connectivity index (χ0) is 63.5. The Morgan fingerprint density at radius 3 is 0.989 bits per heavy atom. The Bertz CT molecular complexity index is 2410. The van der Waals surface area contributed by atoms with E-state index in [9.17, 15) is 30.6 Å². The van der Waals surface area contributed by atoms with Gasteiger partial charge in [-0.1, -0.05) is 326 Å². The molecule has 3 fully saturated rings. The highest BCUT2D eigenvalue weighted by molar-refractivity contribution is 9.12. The molecule has 0 radical (unpaired) electrons. The Kier molecular flexibility index (Phi) is 37.6. The lowest BCUT2D eigenvalue weighted by Gasteiger charge is -2.46. The number of ketones is 2. The van der Waals surface area contributed by atoms with Gasteiger partial charge in [0.05, 0.1) is 4.83 Å². The summed E-state index contributed by atoms with van der Waals surface area (Å²) in [6.07, 6.45) is 62.2. The van der Waals surface area contributed by atoms with Gasteiger partial charge in [0.15, 0.2) is 0 Å². The first-order valence-electron chi connectivity index (χ1n) is 36.8. The molecule has 8 unspecified atom stereocenters. The van der Waals surface area contributed by atoms with E-state index in [1.54, 1.807) is 0 Å². The zero-order valence-corrected chi connectivity index (χ0v) is 60.8. The molecule has 0 heterocycles. The van der Waals surface area contributed by atoms with Crippen molar-refractivity contribution < 1.29 is 9.59 Å². The number of benzene rings is 1. The van der Waals surface area contributed by atoms with Gasteiger partial charge in [-0.25, -0.2) is 0 Å². The zero-order valence-electron chi connectivity index (χ0n) is 56.0. The summed E-state index contributed by atoms with van der Waals surface area (Å²) in [5.41, 5.74) is 7.79. The number of allylic oxidation sites excluding steroid dienone is 6. The highest BCUT2D eigenvalue weighted by Crippen LogP contribution is 2.60. The van der Waals surface area contributed by atoms with Crippen LogP contribution in [0.25, 0.3) is 23.3 Å². The maximum Gasteiger partial charge on any atom is 0.150 e. The fourth-order valence-electron chi connectivity index (χ4n) is 16.4. The van der Waals surface area contributed by atoms with Crippen LogP contribution in [0.2, 0.25) is 0 Å². The van der Waals surface area contributed by atoms with E-state index in [2.05, 4.69) is 119 Å². The van der Waals surface area contributed by atoms with Crippen molar-refractivity contribution >= 4 is 82.7 Å². The number of hydrogen-bond donors (Lipinski definition) is 0. The van der Waals surface area contributed by atoms with Gasteiger partial charge < -0.3 is 0 Å². The van der Waals surface area contributed by atoms with Gasteiger partial charge in [-0.2, -0.15) is 21.0 Å². The van der Waals surface area contributed by atoms with Crippen molar-refractivity contribution in [3.05, 3.63) is 53.5 Å². The molecule has 0 spiro atoms. The van der Waals surface area contributed by atoms with Gasteiger partial charge in [0.1, 0.15) is 47.0 Å². The maximum absolute atomic E-state index is 13.6. The smallest absolute Gasteiger partial charge is 0.150 e. The summed E-state index contributed by atoms with van der Waals surface area (Å²) in [6, 6.07) is 8.63. The lowest BCUT2D eigenvalue weighted by Crippen LogP contribution is -2.46. The minimum Gasteiger partial charge on any atom is -0.299 e. The Hall–Kier alpha value is -3.08. The minimum atomic E-state index is 0.0271. The first kappa shape index (κ1) is 75.6. The third kappa shape index (κ3) is 22.6. The van der Waals surface area contributed by atoms with Crippen molar-refractivity contribution in [2.24, 2.45) is 41.4 Å². The molecule has 1 aromatic rings. The summed E-state index contributed by atoms with van der Waals surface area (Å²) in [6.45, 7) is 11.3. The maximum atomic E-state index is 13.6. The van der Waals surface area contributed by atoms with Crippen LogP contribution in [0.1, 0.15) is 351 Å². The fourth-order valence-corrected chi connectivity index (χ4v) is 18.4. The van der Waals surface area contributed by atoms with Crippen LogP contribution < -0.4 is 0 Å². The summed E-state index contributed by atoms with van der Waals surface area (Å²) >= 11 is 11.3. The Balaban J connectivity index is 0.000000326. The lowest BCUT2D eigenvalue weighted by atomic mass is 9.56. The Morgan fingerprint density at radius 1 is 0.409 bits per heavy atom. The van der Waals surface area contributed by atoms with Gasteiger partial charge in [0, 0.05) is 37.9 Å². The van der Waals surface area contributed by atoms with E-state index in [1.807, 2.05) is 0 Å². The largest absolute Gasteiger partial charge is 0.299 e. The van der Waals surface area contributed by atoms with E-state index in [4.69, 9.17) is 0 Å². The molecule has 1 aromatic carbocycles. The van der Waals surface area contributed by atoms with Crippen LogP contribution in [0.15, 0.2) is 20.1 Å². The highest BCUT2D eigenvalue weighted by atomic mass is 79.9. The minimum absolute atomic E-state index is 0.0271. The summed E-state index contributed by atoms with van der Waals surface area (Å²) < 4.78 is 1.50. The third-order valence-corrected chi connectivity index (χ3v) is 23.2. The average Bonchev–Trinajstić information content (AvgIpc) is 2.50. The molecular formula is C79H117Br3N4O2. The number of nitriles is 4. The number of unbranched alkanes of at least 4 members (excludes halogenated alkanes) is 36. The molecule has 0 aromatic heterocycles. The normalized spacial score (nSPS) is 21.4. The molecule has 6 rings (SSSR count). The average molecular weight is 1390 g/mol. The van der Waals surface area contributed by atoms with Crippen molar-refractivity contribution in [3.63, 3.8) is 0 Å². The second-order valence-electron chi connectivity index (χ2n) is 27.6. The van der Waals surface area contributed by atoms with Gasteiger partial charge in [0.2, 0.25) is 0 Å². The predicted molar refractivity (Wildman–Crippen MR) is 383 cm³/mol. The van der Waals surface area contributed by atoms with E-state index in [-0.39, 0.29) is 33.7 Å². The second kappa shape index (κ2) is 43.7. The van der Waals surface area contributed by atoms with E-state index < -0.39 is 0 Å². The number of hydrogen-bond acceptors (Lipinski definition) is 6. The summed E-state index contributed by atoms with van der Waals surface area (Å²) in [5, 5.41) is 40.0. The van der Waals surface area contributed by atoms with Crippen LogP contribution in [-0.4, -0.2) is 16.4 Å². The summed E-state index contributed by atoms with van der Waals surface area (Å²) in [5.74, 6) is 3.53. The number of halogens is 3. The highest BCUT2D eigenvalue weighted by Gasteiger charge is 2.60. The monoisotopic (exact) mass is 1390 g/mol. The van der Waals surface area contributed by atoms with Crippen LogP contribution in [0.5, 0.6) is 0 Å². The van der Waals surface area contributed by atoms with Crippen molar-refractivity contribution in [1.82, 2.24) is 0 Å². The van der Waals surface area contributed by atoms with Gasteiger partial charge in [-0.05, 0) is 121 Å². The summed E-state index contributed by atoms with van der Waals surface area (Å²) in [4.78, 5) is 27.1. The van der Waals surface area contributed by atoms with Gasteiger partial charge in [-0.15, -0.1) is 0 Å². The van der Waals surface area contributed by atoms with E-state index in [1.165, 1.54) is 244 Å².